The van der Waals surface area contributed by atoms with E-state index in [-0.39, 0.29) is 12.1 Å². The molecule has 26 heavy (non-hydrogen) atoms. The molecule has 2 amide bonds. The highest BCUT2D eigenvalue weighted by molar-refractivity contribution is 7.89. The summed E-state index contributed by atoms with van der Waals surface area (Å²) in [6.45, 7) is 7.66. The van der Waals surface area contributed by atoms with Crippen molar-refractivity contribution in [3.05, 3.63) is 29.8 Å². The fourth-order valence-electron chi connectivity index (χ4n) is 3.06. The topological polar surface area (TPSA) is 78.5 Å². The molecule has 1 aliphatic rings. The van der Waals surface area contributed by atoms with Crippen molar-refractivity contribution in [2.75, 3.05) is 19.6 Å². The van der Waals surface area contributed by atoms with E-state index in [1.807, 2.05) is 32.9 Å². The van der Waals surface area contributed by atoms with E-state index in [1.165, 1.54) is 0 Å². The number of hydrogen-bond donors (Lipinski definition) is 2. The maximum atomic E-state index is 12.7. The van der Waals surface area contributed by atoms with Crippen LogP contribution in [-0.2, 0) is 10.0 Å². The van der Waals surface area contributed by atoms with Crippen LogP contribution < -0.4 is 10.6 Å². The van der Waals surface area contributed by atoms with Crippen LogP contribution in [-0.4, -0.2) is 44.4 Å². The average Bonchev–Trinajstić information content (AvgIpc) is 2.62. The molecule has 1 aromatic carbocycles. The molecule has 1 saturated heterocycles. The fourth-order valence-corrected chi connectivity index (χ4v) is 4.53. The average molecular weight is 382 g/mol. The summed E-state index contributed by atoms with van der Waals surface area (Å²) in [5.41, 5.74) is 1.05. The van der Waals surface area contributed by atoms with E-state index in [9.17, 15) is 13.2 Å². The summed E-state index contributed by atoms with van der Waals surface area (Å²) in [5.74, 6) is 0.448. The fraction of sp³-hybridized carbons (Fsp3) is 0.632. The normalized spacial score (nSPS) is 17.7. The third-order valence-electron chi connectivity index (χ3n) is 5.06. The third-order valence-corrected chi connectivity index (χ3v) is 6.97. The Labute approximate surface area is 157 Å². The van der Waals surface area contributed by atoms with Crippen LogP contribution >= 0.6 is 0 Å². The zero-order valence-corrected chi connectivity index (χ0v) is 16.8. The predicted molar refractivity (Wildman–Crippen MR) is 104 cm³/mol. The lowest BCUT2D eigenvalue weighted by Crippen LogP contribution is -2.42. The van der Waals surface area contributed by atoms with Crippen molar-refractivity contribution in [2.24, 2.45) is 5.92 Å². The first-order valence-electron chi connectivity index (χ1n) is 9.44. The van der Waals surface area contributed by atoms with Gasteiger partial charge in [-0.2, -0.15) is 4.31 Å². The van der Waals surface area contributed by atoms with Gasteiger partial charge in [0.15, 0.2) is 0 Å². The van der Waals surface area contributed by atoms with Crippen LogP contribution in [0, 0.1) is 12.8 Å². The third kappa shape index (κ3) is 5.71. The van der Waals surface area contributed by atoms with E-state index in [2.05, 4.69) is 10.6 Å². The van der Waals surface area contributed by atoms with Gasteiger partial charge in [-0.1, -0.05) is 24.6 Å². The standard InChI is InChI=1S/C19H31N3O3S/c1-4-16(3)21-19(23)20-12-9-17-10-13-22(14-11-17)26(24,25)18-7-5-15(2)6-8-18/h5-8,16-17H,4,9-14H2,1-3H3,(H2,20,21,23)/t16-/m0/s1. The molecule has 1 fully saturated rings. The number of piperidine rings is 1. The largest absolute Gasteiger partial charge is 0.338 e. The second-order valence-corrected chi connectivity index (χ2v) is 9.10. The quantitative estimate of drug-likeness (QED) is 0.762. The van der Waals surface area contributed by atoms with Crippen molar-refractivity contribution in [3.8, 4) is 0 Å². The number of carbonyl (C=O) groups is 1. The minimum absolute atomic E-state index is 0.126. The number of amides is 2. The molecule has 2 N–H and O–H groups in total. The highest BCUT2D eigenvalue weighted by Crippen LogP contribution is 2.25. The molecular weight excluding hydrogens is 350 g/mol. The Balaban J connectivity index is 1.76. The van der Waals surface area contributed by atoms with Crippen LogP contribution in [0.1, 0.15) is 45.1 Å². The number of rotatable bonds is 7. The lowest BCUT2D eigenvalue weighted by Gasteiger charge is -2.31. The zero-order valence-electron chi connectivity index (χ0n) is 16.0. The second kappa shape index (κ2) is 9.37. The van der Waals surface area contributed by atoms with Gasteiger partial charge in [-0.25, -0.2) is 13.2 Å². The van der Waals surface area contributed by atoms with Gasteiger partial charge in [-0.05, 0) is 57.6 Å². The second-order valence-electron chi connectivity index (χ2n) is 7.16. The first-order valence-corrected chi connectivity index (χ1v) is 10.9. The Hall–Kier alpha value is -1.60. The van der Waals surface area contributed by atoms with Gasteiger partial charge in [0, 0.05) is 25.7 Å². The maximum absolute atomic E-state index is 12.7. The summed E-state index contributed by atoms with van der Waals surface area (Å²) in [5, 5.41) is 5.76. The SMILES string of the molecule is CC[C@H](C)NC(=O)NCCC1CCN(S(=O)(=O)c2ccc(C)cc2)CC1. The van der Waals surface area contributed by atoms with Crippen LogP contribution in [0.25, 0.3) is 0 Å². The number of sulfonamides is 1. The first kappa shape index (κ1) is 20.7. The van der Waals surface area contributed by atoms with E-state index < -0.39 is 10.0 Å². The summed E-state index contributed by atoms with van der Waals surface area (Å²) >= 11 is 0. The molecule has 1 heterocycles. The van der Waals surface area contributed by atoms with Gasteiger partial charge in [0.25, 0.3) is 0 Å². The number of carbonyl (C=O) groups excluding carboxylic acids is 1. The molecule has 1 aliphatic heterocycles. The molecule has 6 nitrogen and oxygen atoms in total. The van der Waals surface area contributed by atoms with Crippen molar-refractivity contribution in [3.63, 3.8) is 0 Å². The summed E-state index contributed by atoms with van der Waals surface area (Å²) in [4.78, 5) is 12.1. The van der Waals surface area contributed by atoms with Crippen LogP contribution in [0.5, 0.6) is 0 Å². The van der Waals surface area contributed by atoms with Gasteiger partial charge in [0.05, 0.1) is 4.90 Å². The molecule has 1 aromatic rings. The number of nitrogens with zero attached hydrogens (tertiary/aromatic N) is 1. The molecule has 0 radical (unpaired) electrons. The van der Waals surface area contributed by atoms with Gasteiger partial charge < -0.3 is 10.6 Å². The van der Waals surface area contributed by atoms with E-state index in [1.54, 1.807) is 16.4 Å². The van der Waals surface area contributed by atoms with Gasteiger partial charge in [0.2, 0.25) is 10.0 Å². The van der Waals surface area contributed by atoms with E-state index in [0.29, 0.717) is 30.4 Å². The zero-order chi connectivity index (χ0) is 19.2. The summed E-state index contributed by atoms with van der Waals surface area (Å²) in [6, 6.07) is 7.06. The van der Waals surface area contributed by atoms with Crippen molar-refractivity contribution < 1.29 is 13.2 Å². The maximum Gasteiger partial charge on any atom is 0.314 e. The number of nitrogens with one attached hydrogen (secondary N) is 2. The molecular formula is C19H31N3O3S. The van der Waals surface area contributed by atoms with Crippen molar-refractivity contribution in [1.82, 2.24) is 14.9 Å². The Morgan fingerprint density at radius 1 is 1.23 bits per heavy atom. The highest BCUT2D eigenvalue weighted by Gasteiger charge is 2.29. The number of urea groups is 1. The highest BCUT2D eigenvalue weighted by atomic mass is 32.2. The molecule has 146 valence electrons. The molecule has 0 unspecified atom stereocenters. The van der Waals surface area contributed by atoms with Crippen LogP contribution in [0.3, 0.4) is 0 Å². The van der Waals surface area contributed by atoms with Crippen molar-refractivity contribution >= 4 is 16.1 Å². The Kier molecular flexibility index (Phi) is 7.46. The minimum Gasteiger partial charge on any atom is -0.338 e. The van der Waals surface area contributed by atoms with Crippen LogP contribution in [0.2, 0.25) is 0 Å². The van der Waals surface area contributed by atoms with Crippen molar-refractivity contribution in [2.45, 2.75) is 57.4 Å². The Morgan fingerprint density at radius 3 is 2.42 bits per heavy atom. The van der Waals surface area contributed by atoms with Crippen LogP contribution in [0.4, 0.5) is 4.79 Å². The Morgan fingerprint density at radius 2 is 1.85 bits per heavy atom. The van der Waals surface area contributed by atoms with Gasteiger partial charge in [-0.15, -0.1) is 0 Å². The lowest BCUT2D eigenvalue weighted by atomic mass is 9.95. The number of benzene rings is 1. The van der Waals surface area contributed by atoms with Crippen LogP contribution in [0.15, 0.2) is 29.2 Å². The van der Waals surface area contributed by atoms with E-state index in [4.69, 9.17) is 0 Å². The molecule has 7 heteroatoms. The monoisotopic (exact) mass is 381 g/mol. The molecule has 0 spiro atoms. The number of aryl methyl sites for hydroxylation is 1. The summed E-state index contributed by atoms with van der Waals surface area (Å²) in [6.07, 6.45) is 3.45. The Bertz CT molecular complexity index is 680. The van der Waals surface area contributed by atoms with Gasteiger partial charge in [0.1, 0.15) is 0 Å². The summed E-state index contributed by atoms with van der Waals surface area (Å²) < 4.78 is 27.0. The summed E-state index contributed by atoms with van der Waals surface area (Å²) in [7, 11) is -3.40. The molecule has 0 aromatic heterocycles. The smallest absolute Gasteiger partial charge is 0.314 e. The number of hydrogen-bond acceptors (Lipinski definition) is 3. The molecule has 0 bridgehead atoms. The lowest BCUT2D eigenvalue weighted by molar-refractivity contribution is 0.233. The molecule has 0 aliphatic carbocycles. The first-order chi connectivity index (χ1) is 12.3. The minimum atomic E-state index is -3.40. The molecule has 1 atom stereocenters. The van der Waals surface area contributed by atoms with Crippen molar-refractivity contribution in [1.29, 1.82) is 0 Å². The van der Waals surface area contributed by atoms with E-state index in [0.717, 1.165) is 31.2 Å². The molecule has 2 rings (SSSR count). The van der Waals surface area contributed by atoms with Gasteiger partial charge >= 0.3 is 6.03 Å². The van der Waals surface area contributed by atoms with E-state index >= 15 is 0 Å². The predicted octanol–water partition coefficient (Wildman–Crippen LogP) is 2.88. The molecule has 0 saturated carbocycles. The van der Waals surface area contributed by atoms with Gasteiger partial charge in [-0.3, -0.25) is 0 Å².